The predicted molar refractivity (Wildman–Crippen MR) is 123 cm³/mol. The fourth-order valence-electron chi connectivity index (χ4n) is 4.12. The SMILES string of the molecule is COc1cccc(-c2cc(O[C@@H]3OC(C)(C)[C@H](OC)[C@@H](O)[C@H]3O)ccc2CCNC(C)=O)c1. The molecule has 3 rings (SSSR count). The average molecular weight is 460 g/mol. The molecule has 0 spiro atoms. The number of amides is 1. The van der Waals surface area contributed by atoms with E-state index < -0.39 is 30.2 Å². The van der Waals surface area contributed by atoms with Gasteiger partial charge >= 0.3 is 0 Å². The van der Waals surface area contributed by atoms with E-state index in [1.165, 1.54) is 14.0 Å². The smallest absolute Gasteiger partial charge is 0.229 e. The van der Waals surface area contributed by atoms with Crippen LogP contribution in [0.2, 0.25) is 0 Å². The van der Waals surface area contributed by atoms with Crippen molar-refractivity contribution in [1.29, 1.82) is 0 Å². The molecule has 1 amide bonds. The number of methoxy groups -OCH3 is 2. The molecule has 1 fully saturated rings. The lowest BCUT2D eigenvalue weighted by Crippen LogP contribution is -2.63. The van der Waals surface area contributed by atoms with Crippen LogP contribution in [0.25, 0.3) is 11.1 Å². The van der Waals surface area contributed by atoms with Gasteiger partial charge in [0.05, 0.1) is 12.7 Å². The summed E-state index contributed by atoms with van der Waals surface area (Å²) in [6.07, 6.45) is -3.61. The molecule has 0 radical (unpaired) electrons. The van der Waals surface area contributed by atoms with Crippen molar-refractivity contribution in [3.8, 4) is 22.6 Å². The van der Waals surface area contributed by atoms with Crippen LogP contribution in [0, 0.1) is 0 Å². The van der Waals surface area contributed by atoms with Crippen molar-refractivity contribution in [3.05, 3.63) is 48.0 Å². The van der Waals surface area contributed by atoms with Gasteiger partial charge in [0.15, 0.2) is 0 Å². The molecule has 180 valence electrons. The molecule has 1 saturated heterocycles. The number of ether oxygens (including phenoxy) is 4. The lowest BCUT2D eigenvalue weighted by atomic mass is 9.89. The molecule has 2 aromatic carbocycles. The van der Waals surface area contributed by atoms with Crippen LogP contribution in [0.3, 0.4) is 0 Å². The highest BCUT2D eigenvalue weighted by Crippen LogP contribution is 2.35. The minimum absolute atomic E-state index is 0.0862. The van der Waals surface area contributed by atoms with Crippen LogP contribution >= 0.6 is 0 Å². The quantitative estimate of drug-likeness (QED) is 0.556. The number of carbonyl (C=O) groups is 1. The predicted octanol–water partition coefficient (Wildman–Crippen LogP) is 2.29. The number of aliphatic hydroxyl groups excluding tert-OH is 2. The third-order valence-electron chi connectivity index (χ3n) is 5.78. The van der Waals surface area contributed by atoms with E-state index in [1.54, 1.807) is 27.0 Å². The van der Waals surface area contributed by atoms with Gasteiger partial charge in [-0.1, -0.05) is 18.2 Å². The van der Waals surface area contributed by atoms with Gasteiger partial charge in [-0.3, -0.25) is 4.79 Å². The molecule has 2 aromatic rings. The van der Waals surface area contributed by atoms with Crippen molar-refractivity contribution in [2.24, 2.45) is 0 Å². The largest absolute Gasteiger partial charge is 0.497 e. The molecule has 1 aliphatic heterocycles. The van der Waals surface area contributed by atoms with Crippen LogP contribution in [0.1, 0.15) is 26.3 Å². The molecule has 0 unspecified atom stereocenters. The molecule has 8 nitrogen and oxygen atoms in total. The van der Waals surface area contributed by atoms with Crippen LogP contribution in [-0.2, 0) is 20.7 Å². The lowest BCUT2D eigenvalue weighted by molar-refractivity contribution is -0.305. The van der Waals surface area contributed by atoms with Crippen LogP contribution in [0.15, 0.2) is 42.5 Å². The molecular weight excluding hydrogens is 426 g/mol. The molecule has 33 heavy (non-hydrogen) atoms. The Morgan fingerprint density at radius 2 is 1.85 bits per heavy atom. The fourth-order valence-corrected chi connectivity index (χ4v) is 4.12. The maximum absolute atomic E-state index is 11.3. The first-order valence-electron chi connectivity index (χ1n) is 10.9. The molecular formula is C25H33NO7. The highest BCUT2D eigenvalue weighted by atomic mass is 16.7. The van der Waals surface area contributed by atoms with E-state index in [1.807, 2.05) is 36.4 Å². The molecule has 4 atom stereocenters. The van der Waals surface area contributed by atoms with E-state index in [0.29, 0.717) is 24.5 Å². The van der Waals surface area contributed by atoms with Crippen molar-refractivity contribution in [2.75, 3.05) is 20.8 Å². The summed E-state index contributed by atoms with van der Waals surface area (Å²) in [5.41, 5.74) is 1.96. The lowest BCUT2D eigenvalue weighted by Gasteiger charge is -2.46. The van der Waals surface area contributed by atoms with E-state index in [4.69, 9.17) is 18.9 Å². The maximum atomic E-state index is 11.3. The second-order valence-corrected chi connectivity index (χ2v) is 8.63. The molecule has 0 aromatic heterocycles. The minimum atomic E-state index is -1.29. The van der Waals surface area contributed by atoms with Gasteiger partial charge in [0, 0.05) is 20.6 Å². The Morgan fingerprint density at radius 3 is 2.52 bits per heavy atom. The topological polar surface area (TPSA) is 106 Å². The van der Waals surface area contributed by atoms with Gasteiger partial charge < -0.3 is 34.5 Å². The first-order chi connectivity index (χ1) is 15.7. The summed E-state index contributed by atoms with van der Waals surface area (Å²) in [6, 6.07) is 13.2. The van der Waals surface area contributed by atoms with Gasteiger partial charge in [0.2, 0.25) is 12.2 Å². The Morgan fingerprint density at radius 1 is 1.09 bits per heavy atom. The third kappa shape index (κ3) is 5.83. The number of carbonyl (C=O) groups excluding carboxylic acids is 1. The number of aliphatic hydroxyl groups is 2. The Bertz CT molecular complexity index is 962. The second-order valence-electron chi connectivity index (χ2n) is 8.63. The van der Waals surface area contributed by atoms with Crippen molar-refractivity contribution >= 4 is 5.91 Å². The Labute approximate surface area is 194 Å². The summed E-state index contributed by atoms with van der Waals surface area (Å²) in [4.78, 5) is 11.3. The van der Waals surface area contributed by atoms with E-state index >= 15 is 0 Å². The number of rotatable bonds is 8. The van der Waals surface area contributed by atoms with Crippen LogP contribution in [0.4, 0.5) is 0 Å². The zero-order chi connectivity index (χ0) is 24.2. The molecule has 0 saturated carbocycles. The van der Waals surface area contributed by atoms with Crippen molar-refractivity contribution in [2.45, 2.75) is 57.4 Å². The molecule has 0 bridgehead atoms. The van der Waals surface area contributed by atoms with Crippen molar-refractivity contribution in [1.82, 2.24) is 5.32 Å². The van der Waals surface area contributed by atoms with Gasteiger partial charge in [-0.05, 0) is 61.2 Å². The summed E-state index contributed by atoms with van der Waals surface area (Å²) in [6.45, 7) is 5.54. The number of hydrogen-bond acceptors (Lipinski definition) is 7. The Kier molecular flexibility index (Phi) is 7.97. The highest BCUT2D eigenvalue weighted by molar-refractivity contribution is 5.73. The zero-order valence-corrected chi connectivity index (χ0v) is 19.7. The summed E-state index contributed by atoms with van der Waals surface area (Å²) in [7, 11) is 3.07. The van der Waals surface area contributed by atoms with E-state index in [9.17, 15) is 15.0 Å². The molecule has 1 heterocycles. The summed E-state index contributed by atoms with van der Waals surface area (Å²) >= 11 is 0. The van der Waals surface area contributed by atoms with E-state index in [-0.39, 0.29) is 5.91 Å². The summed E-state index contributed by atoms with van der Waals surface area (Å²) < 4.78 is 22.6. The van der Waals surface area contributed by atoms with E-state index in [0.717, 1.165) is 16.7 Å². The molecule has 3 N–H and O–H groups in total. The normalized spacial score (nSPS) is 24.2. The Balaban J connectivity index is 1.90. The number of nitrogens with one attached hydrogen (secondary N) is 1. The van der Waals surface area contributed by atoms with Crippen molar-refractivity contribution < 1.29 is 34.0 Å². The molecule has 1 aliphatic rings. The monoisotopic (exact) mass is 459 g/mol. The van der Waals surface area contributed by atoms with E-state index in [2.05, 4.69) is 5.32 Å². The highest BCUT2D eigenvalue weighted by Gasteiger charge is 2.50. The first kappa shape index (κ1) is 25.0. The number of hydrogen-bond donors (Lipinski definition) is 3. The molecule has 0 aliphatic carbocycles. The standard InChI is InChI=1S/C25H33NO7/c1-15(27)26-12-11-16-9-10-19(14-20(16)17-7-6-8-18(13-17)30-4)32-24-22(29)21(28)23(31-5)25(2,3)33-24/h6-10,13-14,21-24,28-29H,11-12H2,1-5H3,(H,26,27)/t21-,22+,23+,24+/m0/s1. The third-order valence-corrected chi connectivity index (χ3v) is 5.78. The maximum Gasteiger partial charge on any atom is 0.229 e. The van der Waals surface area contributed by atoms with Gasteiger partial charge in [0.1, 0.15) is 29.8 Å². The van der Waals surface area contributed by atoms with Gasteiger partial charge in [-0.15, -0.1) is 0 Å². The average Bonchev–Trinajstić information content (AvgIpc) is 2.78. The zero-order valence-electron chi connectivity index (χ0n) is 19.7. The summed E-state index contributed by atoms with van der Waals surface area (Å²) in [5.74, 6) is 1.10. The van der Waals surface area contributed by atoms with Crippen LogP contribution in [0.5, 0.6) is 11.5 Å². The summed E-state index contributed by atoms with van der Waals surface area (Å²) in [5, 5.41) is 23.9. The van der Waals surface area contributed by atoms with Gasteiger partial charge in [-0.2, -0.15) is 0 Å². The van der Waals surface area contributed by atoms with Crippen molar-refractivity contribution in [3.63, 3.8) is 0 Å². The first-order valence-corrected chi connectivity index (χ1v) is 10.9. The van der Waals surface area contributed by atoms with Crippen LogP contribution in [-0.4, -0.2) is 67.1 Å². The fraction of sp³-hybridized carbons (Fsp3) is 0.480. The Hall–Kier alpha value is -2.65. The van der Waals surface area contributed by atoms with Gasteiger partial charge in [-0.25, -0.2) is 0 Å². The second kappa shape index (κ2) is 10.5. The minimum Gasteiger partial charge on any atom is -0.497 e. The van der Waals surface area contributed by atoms with Gasteiger partial charge in [0.25, 0.3) is 0 Å². The number of benzene rings is 2. The molecule has 8 heteroatoms. The van der Waals surface area contributed by atoms with Crippen LogP contribution < -0.4 is 14.8 Å².